The number of rotatable bonds is 9. The highest BCUT2D eigenvalue weighted by Gasteiger charge is 2.64. The number of benzene rings is 3. The van der Waals surface area contributed by atoms with Gasteiger partial charge in [0.1, 0.15) is 24.0 Å². The van der Waals surface area contributed by atoms with Crippen LogP contribution in [-0.4, -0.2) is 103 Å². The third-order valence-corrected chi connectivity index (χ3v) is 13.2. The van der Waals surface area contributed by atoms with Gasteiger partial charge < -0.3 is 19.9 Å². The maximum atomic E-state index is 13.5. The molecule has 302 valence electrons. The van der Waals surface area contributed by atoms with Gasteiger partial charge in [-0.05, 0) is 73.4 Å². The van der Waals surface area contributed by atoms with Crippen molar-refractivity contribution in [3.8, 4) is 11.8 Å². The van der Waals surface area contributed by atoms with Gasteiger partial charge in [-0.25, -0.2) is 0 Å². The van der Waals surface area contributed by atoms with Crippen LogP contribution in [0.2, 0.25) is 5.02 Å². The number of nitrogens with one attached hydrogen (secondary N) is 2. The lowest BCUT2D eigenvalue weighted by molar-refractivity contribution is -0.164. The third-order valence-electron chi connectivity index (χ3n) is 12.9. The number of piperazine rings is 1. The number of hydrogen-bond donors (Lipinski definition) is 2. The number of imide groups is 2. The predicted octanol–water partition coefficient (Wildman–Crippen LogP) is 4.87. The Labute approximate surface area is 343 Å². The van der Waals surface area contributed by atoms with E-state index in [2.05, 4.69) is 59.1 Å². The minimum Gasteiger partial charge on any atom is -0.489 e. The minimum atomic E-state index is -0.979. The molecule has 5 amide bonds. The van der Waals surface area contributed by atoms with Crippen molar-refractivity contribution in [1.29, 1.82) is 5.26 Å². The van der Waals surface area contributed by atoms with Crippen molar-refractivity contribution >= 4 is 52.5 Å². The zero-order valence-electron chi connectivity index (χ0n) is 33.2. The highest BCUT2D eigenvalue weighted by atomic mass is 35.5. The lowest BCUT2D eigenvalue weighted by Gasteiger charge is -2.63. The van der Waals surface area contributed by atoms with Crippen LogP contribution in [0.1, 0.15) is 83.6 Å². The number of anilines is 2. The second-order valence-electron chi connectivity index (χ2n) is 17.4. The van der Waals surface area contributed by atoms with Gasteiger partial charge in [-0.3, -0.25) is 39.1 Å². The van der Waals surface area contributed by atoms with Gasteiger partial charge in [0.25, 0.3) is 17.7 Å². The first kappa shape index (κ1) is 39.4. The Hall–Kier alpha value is -5.45. The predicted molar refractivity (Wildman–Crippen MR) is 218 cm³/mol. The van der Waals surface area contributed by atoms with Gasteiger partial charge in [-0.2, -0.15) is 5.26 Å². The molecule has 2 N–H and O–H groups in total. The van der Waals surface area contributed by atoms with Crippen molar-refractivity contribution in [3.63, 3.8) is 0 Å². The van der Waals surface area contributed by atoms with Crippen LogP contribution in [0, 0.1) is 28.1 Å². The monoisotopic (exact) mass is 805 g/mol. The van der Waals surface area contributed by atoms with E-state index >= 15 is 0 Å². The number of halogens is 1. The highest BCUT2D eigenvalue weighted by molar-refractivity contribution is 6.31. The van der Waals surface area contributed by atoms with Gasteiger partial charge in [0.2, 0.25) is 11.8 Å². The molecule has 3 aromatic carbocycles. The van der Waals surface area contributed by atoms with Gasteiger partial charge in [0.15, 0.2) is 0 Å². The fraction of sp³-hybridized carbons (Fsp3) is 0.455. The molecule has 1 saturated carbocycles. The Morgan fingerprint density at radius 3 is 2.22 bits per heavy atom. The molecule has 4 heterocycles. The van der Waals surface area contributed by atoms with Crippen molar-refractivity contribution < 1.29 is 28.7 Å². The molecular weight excluding hydrogens is 758 g/mol. The average Bonchev–Trinajstić information content (AvgIpc) is 3.77. The topological polar surface area (TPSA) is 155 Å². The first-order chi connectivity index (χ1) is 27.6. The van der Waals surface area contributed by atoms with E-state index in [0.717, 1.165) is 68.5 Å². The Balaban J connectivity index is 0.809. The van der Waals surface area contributed by atoms with Crippen molar-refractivity contribution in [3.05, 3.63) is 87.9 Å². The summed E-state index contributed by atoms with van der Waals surface area (Å²) in [5.41, 5.74) is 2.85. The molecule has 1 unspecified atom stereocenters. The summed E-state index contributed by atoms with van der Waals surface area (Å²) < 4.78 is 6.38. The number of nitriles is 1. The van der Waals surface area contributed by atoms with Crippen molar-refractivity contribution in [1.82, 2.24) is 20.4 Å². The van der Waals surface area contributed by atoms with Crippen LogP contribution in [0.5, 0.6) is 5.75 Å². The lowest BCUT2D eigenvalue weighted by atomic mass is 9.49. The Bertz CT molecular complexity index is 2210. The maximum Gasteiger partial charge on any atom is 0.262 e. The molecule has 58 heavy (non-hydrogen) atoms. The standard InChI is InChI=1S/C44H48ClN7O6/c1-43(2)41(44(3,4)42(43)58-31-11-7-28(23-46)34(45)22-31)48-37(54)27-5-8-29(9-6-27)51-16-15-26(25-51)24-49-17-19-50(20-18-49)30-10-12-32-33(21-30)40(57)52(39(32)56)35-13-14-36(53)47-38(35)55/h5-12,21-22,26,35,41-42H,13-20,24-25H2,1-4H3,(H,48,54)(H,47,53,55)/t26-,35?,41?,42?/m1/s1. The number of carbonyl (C=O) groups excluding carboxylic acids is 5. The summed E-state index contributed by atoms with van der Waals surface area (Å²) in [5, 5.41) is 15.1. The van der Waals surface area contributed by atoms with E-state index in [1.807, 2.05) is 30.3 Å². The molecule has 1 aliphatic carbocycles. The molecular formula is C44H48ClN7O6. The van der Waals surface area contributed by atoms with Crippen LogP contribution >= 0.6 is 11.6 Å². The first-order valence-corrected chi connectivity index (χ1v) is 20.4. The summed E-state index contributed by atoms with van der Waals surface area (Å²) in [6, 6.07) is 19.2. The molecule has 13 nitrogen and oxygen atoms in total. The highest BCUT2D eigenvalue weighted by Crippen LogP contribution is 2.55. The normalized spacial score (nSPS) is 25.2. The minimum absolute atomic E-state index is 0.0871. The number of fused-ring (bicyclic) bond motifs is 1. The number of hydrogen-bond acceptors (Lipinski definition) is 10. The van der Waals surface area contributed by atoms with Crippen LogP contribution in [-0.2, 0) is 9.59 Å². The Morgan fingerprint density at radius 2 is 1.55 bits per heavy atom. The van der Waals surface area contributed by atoms with Crippen LogP contribution < -0.4 is 25.2 Å². The molecule has 14 heteroatoms. The van der Waals surface area contributed by atoms with Gasteiger partial charge >= 0.3 is 0 Å². The molecule has 3 aromatic rings. The lowest BCUT2D eigenvalue weighted by Crippen LogP contribution is -2.74. The summed E-state index contributed by atoms with van der Waals surface area (Å²) in [4.78, 5) is 72.2. The van der Waals surface area contributed by atoms with E-state index in [1.54, 1.807) is 30.3 Å². The van der Waals surface area contributed by atoms with Gasteiger partial charge in [-0.1, -0.05) is 39.3 Å². The summed E-state index contributed by atoms with van der Waals surface area (Å²) in [6.45, 7) is 14.6. The summed E-state index contributed by atoms with van der Waals surface area (Å²) >= 11 is 6.25. The van der Waals surface area contributed by atoms with Gasteiger partial charge in [0.05, 0.1) is 21.7 Å². The molecule has 8 rings (SSSR count). The van der Waals surface area contributed by atoms with E-state index in [9.17, 15) is 29.2 Å². The summed E-state index contributed by atoms with van der Waals surface area (Å²) in [6.07, 6.45) is 1.11. The number of piperidine rings is 1. The first-order valence-electron chi connectivity index (χ1n) is 20.0. The van der Waals surface area contributed by atoms with Crippen LogP contribution in [0.3, 0.4) is 0 Å². The van der Waals surface area contributed by atoms with E-state index in [0.29, 0.717) is 33.4 Å². The van der Waals surface area contributed by atoms with Crippen molar-refractivity contribution in [2.45, 2.75) is 65.1 Å². The maximum absolute atomic E-state index is 13.5. The number of nitrogens with zero attached hydrogens (tertiary/aromatic N) is 5. The summed E-state index contributed by atoms with van der Waals surface area (Å²) in [5.74, 6) is -1.01. The Morgan fingerprint density at radius 1 is 0.862 bits per heavy atom. The second kappa shape index (κ2) is 15.1. The molecule has 3 saturated heterocycles. The molecule has 2 atom stereocenters. The SMILES string of the molecule is CC1(C)C(NC(=O)c2ccc(N3CC[C@H](CN4CCN(c5ccc6c(c5)C(=O)N(C5CCC(=O)NC5=O)C6=O)CC4)C3)cc2)C(C)(C)C1Oc1ccc(C#N)c(Cl)c1. The third kappa shape index (κ3) is 7.06. The fourth-order valence-corrected chi connectivity index (χ4v) is 10.3. The molecule has 4 fully saturated rings. The smallest absolute Gasteiger partial charge is 0.262 e. The molecule has 5 aliphatic rings. The molecule has 0 aromatic heterocycles. The fourth-order valence-electron chi connectivity index (χ4n) is 10.1. The van der Waals surface area contributed by atoms with Crippen molar-refractivity contribution in [2.24, 2.45) is 16.7 Å². The molecule has 4 aliphatic heterocycles. The summed E-state index contributed by atoms with van der Waals surface area (Å²) in [7, 11) is 0. The number of ether oxygens (including phenoxy) is 1. The van der Waals surface area contributed by atoms with E-state index < -0.39 is 29.7 Å². The molecule has 0 bridgehead atoms. The zero-order chi connectivity index (χ0) is 41.1. The van der Waals surface area contributed by atoms with Gasteiger partial charge in [0, 0.05) is 92.1 Å². The number of carbonyl (C=O) groups is 5. The average molecular weight is 806 g/mol. The van der Waals surface area contributed by atoms with Crippen molar-refractivity contribution in [2.75, 3.05) is 55.6 Å². The van der Waals surface area contributed by atoms with E-state index in [-0.39, 0.29) is 47.3 Å². The molecule has 0 spiro atoms. The number of amides is 5. The zero-order valence-corrected chi connectivity index (χ0v) is 34.0. The van der Waals surface area contributed by atoms with Crippen LogP contribution in [0.25, 0.3) is 0 Å². The quantitative estimate of drug-likeness (QED) is 0.286. The van der Waals surface area contributed by atoms with Crippen LogP contribution in [0.15, 0.2) is 60.7 Å². The van der Waals surface area contributed by atoms with Crippen LogP contribution in [0.4, 0.5) is 11.4 Å². The second-order valence-corrected chi connectivity index (χ2v) is 17.8. The van der Waals surface area contributed by atoms with E-state index in [4.69, 9.17) is 16.3 Å². The van der Waals surface area contributed by atoms with E-state index in [1.165, 1.54) is 0 Å². The Kier molecular flexibility index (Phi) is 10.2. The molecule has 0 radical (unpaired) electrons. The van der Waals surface area contributed by atoms with Gasteiger partial charge in [-0.15, -0.1) is 0 Å². The largest absolute Gasteiger partial charge is 0.489 e.